The fourth-order valence-corrected chi connectivity index (χ4v) is 4.36. The van der Waals surface area contributed by atoms with Crippen LogP contribution in [0, 0.1) is 0 Å². The summed E-state index contributed by atoms with van der Waals surface area (Å²) in [6.45, 7) is 0.0265. The lowest BCUT2D eigenvalue weighted by atomic mass is 10.2. The molecule has 4 aromatic heterocycles. The SMILES string of the molecule is O=C(Nc1ncns1)[C@@H]1C[C@H](F)CN1c1nc(Nc2cc(C3CC3)[nH]n2)n2cccc2n1. The van der Waals surface area contributed by atoms with Crippen molar-refractivity contribution in [2.45, 2.75) is 37.4 Å². The number of hydrogen-bond donors (Lipinski definition) is 3. The first kappa shape index (κ1) is 19.1. The van der Waals surface area contributed by atoms with E-state index in [9.17, 15) is 9.18 Å². The summed E-state index contributed by atoms with van der Waals surface area (Å²) in [5, 5.41) is 13.7. The number of fused-ring (bicyclic) bond motifs is 1. The van der Waals surface area contributed by atoms with Crippen molar-refractivity contribution in [1.29, 1.82) is 0 Å². The Labute approximate surface area is 185 Å². The van der Waals surface area contributed by atoms with E-state index in [1.54, 1.807) is 9.30 Å². The van der Waals surface area contributed by atoms with Crippen molar-refractivity contribution in [3.05, 3.63) is 36.4 Å². The van der Waals surface area contributed by atoms with Crippen LogP contribution in [0.1, 0.15) is 30.9 Å². The number of hydrogen-bond acceptors (Lipinski definition) is 9. The van der Waals surface area contributed by atoms with E-state index < -0.39 is 12.2 Å². The molecular weight excluding hydrogens is 435 g/mol. The minimum atomic E-state index is -1.17. The molecular formula is C19H19FN10OS. The van der Waals surface area contributed by atoms with Gasteiger partial charge in [0.2, 0.25) is 22.9 Å². The predicted octanol–water partition coefficient (Wildman–Crippen LogP) is 2.48. The summed E-state index contributed by atoms with van der Waals surface area (Å²) < 4.78 is 20.1. The number of nitrogens with zero attached hydrogens (tertiary/aromatic N) is 7. The lowest BCUT2D eigenvalue weighted by Gasteiger charge is -2.23. The fourth-order valence-electron chi connectivity index (χ4n) is 3.92. The molecule has 1 aliphatic carbocycles. The average molecular weight is 454 g/mol. The molecule has 0 radical (unpaired) electrons. The number of anilines is 4. The Bertz CT molecular complexity index is 1270. The molecule has 2 atom stereocenters. The van der Waals surface area contributed by atoms with Gasteiger partial charge in [-0.1, -0.05) is 0 Å². The third kappa shape index (κ3) is 3.53. The minimum absolute atomic E-state index is 0.0265. The highest BCUT2D eigenvalue weighted by Gasteiger charge is 2.39. The molecule has 1 saturated carbocycles. The van der Waals surface area contributed by atoms with E-state index >= 15 is 0 Å². The zero-order valence-corrected chi connectivity index (χ0v) is 17.6. The van der Waals surface area contributed by atoms with Crippen molar-refractivity contribution < 1.29 is 9.18 Å². The maximum atomic E-state index is 14.4. The molecule has 3 N–H and O–H groups in total. The van der Waals surface area contributed by atoms with Crippen LogP contribution in [0.2, 0.25) is 0 Å². The van der Waals surface area contributed by atoms with Gasteiger partial charge in [0.05, 0.1) is 6.54 Å². The van der Waals surface area contributed by atoms with Crippen molar-refractivity contribution in [3.8, 4) is 0 Å². The van der Waals surface area contributed by atoms with E-state index in [1.807, 2.05) is 24.4 Å². The summed E-state index contributed by atoms with van der Waals surface area (Å²) >= 11 is 1.06. The van der Waals surface area contributed by atoms with Crippen LogP contribution in [0.5, 0.6) is 0 Å². The number of aromatic nitrogens is 7. The van der Waals surface area contributed by atoms with Crippen molar-refractivity contribution in [3.63, 3.8) is 0 Å². The normalized spacial score (nSPS) is 20.7. The highest BCUT2D eigenvalue weighted by molar-refractivity contribution is 7.09. The van der Waals surface area contributed by atoms with Crippen LogP contribution in [0.25, 0.3) is 5.65 Å². The Morgan fingerprint density at radius 3 is 3.03 bits per heavy atom. The summed E-state index contributed by atoms with van der Waals surface area (Å²) in [7, 11) is 0. The van der Waals surface area contributed by atoms with Crippen LogP contribution in [-0.2, 0) is 4.79 Å². The van der Waals surface area contributed by atoms with Gasteiger partial charge in [-0.15, -0.1) is 0 Å². The van der Waals surface area contributed by atoms with Gasteiger partial charge in [0.15, 0.2) is 5.82 Å². The van der Waals surface area contributed by atoms with E-state index in [2.05, 4.69) is 40.2 Å². The van der Waals surface area contributed by atoms with Gasteiger partial charge in [-0.05, 0) is 25.0 Å². The molecule has 0 aromatic carbocycles. The van der Waals surface area contributed by atoms with Gasteiger partial charge in [0, 0.05) is 41.8 Å². The molecule has 4 aromatic rings. The van der Waals surface area contributed by atoms with E-state index in [1.165, 1.54) is 19.2 Å². The van der Waals surface area contributed by atoms with E-state index in [-0.39, 0.29) is 24.8 Å². The van der Waals surface area contributed by atoms with Crippen molar-refractivity contribution in [1.82, 2.24) is 33.9 Å². The highest BCUT2D eigenvalue weighted by Crippen LogP contribution is 2.39. The van der Waals surface area contributed by atoms with Gasteiger partial charge < -0.3 is 10.2 Å². The Hall–Kier alpha value is -3.61. The summed E-state index contributed by atoms with van der Waals surface area (Å²) in [4.78, 5) is 27.6. The number of rotatable bonds is 6. The maximum Gasteiger partial charge on any atom is 0.249 e. The van der Waals surface area contributed by atoms with Crippen LogP contribution >= 0.6 is 11.5 Å². The van der Waals surface area contributed by atoms with E-state index in [0.29, 0.717) is 28.5 Å². The second-order valence-electron chi connectivity index (χ2n) is 7.93. The molecule has 1 saturated heterocycles. The number of alkyl halides is 1. The lowest BCUT2D eigenvalue weighted by Crippen LogP contribution is -2.40. The van der Waals surface area contributed by atoms with Crippen LogP contribution in [0.4, 0.5) is 27.2 Å². The monoisotopic (exact) mass is 454 g/mol. The summed E-state index contributed by atoms with van der Waals surface area (Å²) in [6, 6.07) is 4.89. The quantitative estimate of drug-likeness (QED) is 0.405. The van der Waals surface area contributed by atoms with Gasteiger partial charge in [-0.2, -0.15) is 19.4 Å². The largest absolute Gasteiger partial charge is 0.326 e. The average Bonchev–Trinajstić information content (AvgIpc) is 3.21. The minimum Gasteiger partial charge on any atom is -0.326 e. The lowest BCUT2D eigenvalue weighted by molar-refractivity contribution is -0.117. The Morgan fingerprint density at radius 1 is 1.31 bits per heavy atom. The third-order valence-corrected chi connectivity index (χ3v) is 6.21. The molecule has 6 rings (SSSR count). The number of nitrogens with one attached hydrogen (secondary N) is 3. The Kier molecular flexibility index (Phi) is 4.48. The molecule has 32 heavy (non-hydrogen) atoms. The van der Waals surface area contributed by atoms with Crippen LogP contribution < -0.4 is 15.5 Å². The molecule has 13 heteroatoms. The maximum absolute atomic E-state index is 14.4. The molecule has 1 aliphatic heterocycles. The number of aromatic amines is 1. The molecule has 5 heterocycles. The highest BCUT2D eigenvalue weighted by atomic mass is 32.1. The van der Waals surface area contributed by atoms with Gasteiger partial charge in [-0.25, -0.2) is 9.37 Å². The van der Waals surface area contributed by atoms with Crippen LogP contribution in [-0.4, -0.2) is 58.6 Å². The first-order valence-electron chi connectivity index (χ1n) is 10.3. The molecule has 1 amide bonds. The van der Waals surface area contributed by atoms with E-state index in [0.717, 1.165) is 17.2 Å². The molecule has 2 fully saturated rings. The first-order chi connectivity index (χ1) is 15.6. The third-order valence-electron chi connectivity index (χ3n) is 5.63. The number of halogens is 1. The van der Waals surface area contributed by atoms with Crippen molar-refractivity contribution in [2.75, 3.05) is 22.1 Å². The van der Waals surface area contributed by atoms with Crippen molar-refractivity contribution in [2.24, 2.45) is 0 Å². The molecule has 0 spiro atoms. The molecule has 0 unspecified atom stereocenters. The van der Waals surface area contributed by atoms with Crippen LogP contribution in [0.3, 0.4) is 0 Å². The standard InChI is InChI=1S/C19H19FN10OS/c20-11-6-13(16(31)25-19-21-9-22-32-19)30(8-11)18-24-15-2-1-5-29(15)17(26-18)23-14-7-12(27-28-14)10-3-4-10/h1-2,5,7,9-11,13H,3-4,6,8H2,(H,21,22,25,31)(H2,23,24,26,27,28)/t11-,13-/m0/s1. The zero-order chi connectivity index (χ0) is 21.7. The predicted molar refractivity (Wildman–Crippen MR) is 116 cm³/mol. The van der Waals surface area contributed by atoms with Gasteiger partial charge in [-0.3, -0.25) is 19.6 Å². The molecule has 0 bridgehead atoms. The van der Waals surface area contributed by atoms with Gasteiger partial charge in [0.1, 0.15) is 24.2 Å². The van der Waals surface area contributed by atoms with Gasteiger partial charge >= 0.3 is 0 Å². The van der Waals surface area contributed by atoms with Crippen LogP contribution in [0.15, 0.2) is 30.7 Å². The van der Waals surface area contributed by atoms with Crippen molar-refractivity contribution >= 4 is 45.9 Å². The second kappa shape index (κ2) is 7.51. The Balaban J connectivity index is 1.31. The Morgan fingerprint density at radius 2 is 2.22 bits per heavy atom. The topological polar surface area (TPSA) is 129 Å². The zero-order valence-electron chi connectivity index (χ0n) is 16.8. The summed E-state index contributed by atoms with van der Waals surface area (Å²) in [5.74, 6) is 1.58. The summed E-state index contributed by atoms with van der Waals surface area (Å²) in [5.41, 5.74) is 1.72. The number of carbonyl (C=O) groups is 1. The molecule has 164 valence electrons. The number of amides is 1. The molecule has 11 nitrogen and oxygen atoms in total. The fraction of sp³-hybridized carbons (Fsp3) is 0.368. The number of H-pyrrole nitrogens is 1. The smallest absolute Gasteiger partial charge is 0.249 e. The first-order valence-corrected chi connectivity index (χ1v) is 11.1. The van der Waals surface area contributed by atoms with Gasteiger partial charge in [0.25, 0.3) is 0 Å². The molecule has 2 aliphatic rings. The second-order valence-corrected chi connectivity index (χ2v) is 8.71. The summed E-state index contributed by atoms with van der Waals surface area (Å²) in [6.07, 6.45) is 4.40. The van der Waals surface area contributed by atoms with E-state index in [4.69, 9.17) is 0 Å². The number of carbonyl (C=O) groups excluding carboxylic acids is 1.